The molecule has 0 radical (unpaired) electrons. The summed E-state index contributed by atoms with van der Waals surface area (Å²) in [5.41, 5.74) is 0. The molecule has 0 fully saturated rings. The van der Waals surface area contributed by atoms with Gasteiger partial charge in [0.2, 0.25) is 10.0 Å². The van der Waals surface area contributed by atoms with Crippen molar-refractivity contribution in [1.82, 2.24) is 4.72 Å². The number of hydrogen-bond acceptors (Lipinski definition) is 3. The summed E-state index contributed by atoms with van der Waals surface area (Å²) in [4.78, 5) is -0.126. The van der Waals surface area contributed by atoms with E-state index < -0.39 is 21.2 Å². The summed E-state index contributed by atoms with van der Waals surface area (Å²) < 4.78 is 43.4. The molecule has 0 aliphatic carbocycles. The Kier molecular flexibility index (Phi) is 5.32. The lowest BCUT2D eigenvalue weighted by Crippen LogP contribution is -2.31. The smallest absolute Gasteiger partial charge is 0.240 e. The molecule has 7 heteroatoms. The topological polar surface area (TPSA) is 55.4 Å². The van der Waals surface area contributed by atoms with E-state index in [1.807, 2.05) is 0 Å². The molecule has 0 saturated carbocycles. The number of hydrogen-bond donors (Lipinski definition) is 1. The van der Waals surface area contributed by atoms with Crippen LogP contribution in [0.25, 0.3) is 0 Å². The van der Waals surface area contributed by atoms with Gasteiger partial charge in [-0.2, -0.15) is 0 Å². The molecule has 17 heavy (non-hydrogen) atoms. The molecule has 1 atom stereocenters. The highest BCUT2D eigenvalue weighted by molar-refractivity contribution is 7.89. The predicted molar refractivity (Wildman–Crippen MR) is 63.1 cm³/mol. The summed E-state index contributed by atoms with van der Waals surface area (Å²) in [5.74, 6) is -0.604. The van der Waals surface area contributed by atoms with Crippen molar-refractivity contribution in [3.8, 4) is 0 Å². The van der Waals surface area contributed by atoms with E-state index in [0.29, 0.717) is 0 Å². The Bertz CT molecular complexity index is 466. The lowest BCUT2D eigenvalue weighted by Gasteiger charge is -2.10. The Labute approximate surface area is 105 Å². The van der Waals surface area contributed by atoms with Gasteiger partial charge in [-0.15, -0.1) is 11.6 Å². The van der Waals surface area contributed by atoms with Crippen molar-refractivity contribution in [3.05, 3.63) is 30.1 Å². The lowest BCUT2D eigenvalue weighted by atomic mass is 10.4. The molecule has 4 nitrogen and oxygen atoms in total. The molecule has 96 valence electrons. The number of nitrogens with one attached hydrogen (secondary N) is 1. The molecule has 0 aromatic heterocycles. The molecule has 0 aliphatic heterocycles. The Morgan fingerprint density at radius 3 is 2.82 bits per heavy atom. The molecule has 0 bridgehead atoms. The van der Waals surface area contributed by atoms with Gasteiger partial charge in [-0.1, -0.05) is 6.07 Å². The largest absolute Gasteiger partial charge is 0.383 e. The Morgan fingerprint density at radius 1 is 1.53 bits per heavy atom. The van der Waals surface area contributed by atoms with Gasteiger partial charge in [0, 0.05) is 13.7 Å². The molecule has 1 unspecified atom stereocenters. The summed E-state index contributed by atoms with van der Waals surface area (Å²) in [7, 11) is -2.26. The Hall–Kier alpha value is -0.690. The summed E-state index contributed by atoms with van der Waals surface area (Å²) in [6, 6.07) is 4.76. The van der Waals surface area contributed by atoms with E-state index in [2.05, 4.69) is 4.72 Å². The maximum atomic E-state index is 12.9. The second-order valence-electron chi connectivity index (χ2n) is 3.36. The van der Waals surface area contributed by atoms with Gasteiger partial charge in [0.05, 0.1) is 16.9 Å². The van der Waals surface area contributed by atoms with E-state index in [1.165, 1.54) is 25.3 Å². The van der Waals surface area contributed by atoms with Crippen molar-refractivity contribution in [2.75, 3.05) is 20.3 Å². The first-order chi connectivity index (χ1) is 7.95. The number of alkyl halides is 1. The molecule has 1 rings (SSSR count). The van der Waals surface area contributed by atoms with Gasteiger partial charge in [0.15, 0.2) is 0 Å². The van der Waals surface area contributed by atoms with Crippen LogP contribution in [0.2, 0.25) is 0 Å². The Balaban J connectivity index is 2.69. The summed E-state index contributed by atoms with van der Waals surface area (Å²) in [5, 5.41) is -0.469. The maximum absolute atomic E-state index is 12.9. The molecule has 0 amide bonds. The van der Waals surface area contributed by atoms with Crippen molar-refractivity contribution in [3.63, 3.8) is 0 Å². The minimum Gasteiger partial charge on any atom is -0.383 e. The van der Waals surface area contributed by atoms with Crippen LogP contribution in [0.15, 0.2) is 29.2 Å². The summed E-state index contributed by atoms with van der Waals surface area (Å²) >= 11 is 5.78. The second-order valence-corrected chi connectivity index (χ2v) is 5.75. The fourth-order valence-corrected chi connectivity index (χ4v) is 2.56. The van der Waals surface area contributed by atoms with Crippen LogP contribution in [0, 0.1) is 5.82 Å². The fraction of sp³-hybridized carbons (Fsp3) is 0.400. The number of methoxy groups -OCH3 is 1. The molecule has 0 saturated heterocycles. The van der Waals surface area contributed by atoms with Gasteiger partial charge in [-0.3, -0.25) is 0 Å². The van der Waals surface area contributed by atoms with Crippen LogP contribution in [-0.4, -0.2) is 34.1 Å². The molecule has 1 aromatic carbocycles. The van der Waals surface area contributed by atoms with Crippen molar-refractivity contribution < 1.29 is 17.5 Å². The normalized spacial score (nSPS) is 13.6. The molecular formula is C10H13ClFNO3S. The van der Waals surface area contributed by atoms with Gasteiger partial charge in [-0.05, 0) is 18.2 Å². The number of sulfonamides is 1. The molecule has 0 spiro atoms. The minimum absolute atomic E-state index is 0.0221. The number of benzene rings is 1. The van der Waals surface area contributed by atoms with E-state index in [-0.39, 0.29) is 18.0 Å². The Morgan fingerprint density at radius 2 is 2.24 bits per heavy atom. The predicted octanol–water partition coefficient (Wildman–Crippen LogP) is 1.36. The fourth-order valence-electron chi connectivity index (χ4n) is 1.16. The van der Waals surface area contributed by atoms with E-state index in [0.717, 1.165) is 6.07 Å². The summed E-state index contributed by atoms with van der Waals surface area (Å²) in [6.45, 7) is 0.251. The van der Waals surface area contributed by atoms with Crippen LogP contribution in [0.3, 0.4) is 0 Å². The van der Waals surface area contributed by atoms with Gasteiger partial charge in [0.25, 0.3) is 0 Å². The first-order valence-electron chi connectivity index (χ1n) is 4.84. The van der Waals surface area contributed by atoms with Crippen molar-refractivity contribution in [2.45, 2.75) is 10.3 Å². The number of ether oxygens (including phenoxy) is 1. The monoisotopic (exact) mass is 281 g/mol. The third kappa shape index (κ3) is 4.59. The molecule has 0 heterocycles. The highest BCUT2D eigenvalue weighted by atomic mass is 35.5. The van der Waals surface area contributed by atoms with Crippen LogP contribution in [-0.2, 0) is 14.8 Å². The zero-order valence-corrected chi connectivity index (χ0v) is 10.8. The molecule has 1 N–H and O–H groups in total. The average molecular weight is 282 g/mol. The lowest BCUT2D eigenvalue weighted by molar-refractivity contribution is 0.198. The van der Waals surface area contributed by atoms with Crippen LogP contribution >= 0.6 is 11.6 Å². The van der Waals surface area contributed by atoms with Gasteiger partial charge in [-0.25, -0.2) is 17.5 Å². The summed E-state index contributed by atoms with van der Waals surface area (Å²) in [6.07, 6.45) is 0. The van der Waals surface area contributed by atoms with Crippen LogP contribution < -0.4 is 4.72 Å². The van der Waals surface area contributed by atoms with E-state index in [9.17, 15) is 12.8 Å². The average Bonchev–Trinajstić information content (AvgIpc) is 2.27. The minimum atomic E-state index is -3.73. The number of rotatable bonds is 6. The first kappa shape index (κ1) is 14.4. The standard InChI is InChI=1S/C10H13ClFNO3S/c1-16-7-8(11)6-13-17(14,15)10-4-2-3-9(12)5-10/h2-5,8,13H,6-7H2,1H3. The quantitative estimate of drug-likeness (QED) is 0.801. The third-order valence-electron chi connectivity index (χ3n) is 1.95. The van der Waals surface area contributed by atoms with Crippen LogP contribution in [0.5, 0.6) is 0 Å². The van der Waals surface area contributed by atoms with Gasteiger partial charge >= 0.3 is 0 Å². The second kappa shape index (κ2) is 6.30. The maximum Gasteiger partial charge on any atom is 0.240 e. The molecule has 1 aromatic rings. The highest BCUT2D eigenvalue weighted by Crippen LogP contribution is 2.10. The molecular weight excluding hydrogens is 269 g/mol. The van der Waals surface area contributed by atoms with E-state index in [4.69, 9.17) is 16.3 Å². The first-order valence-corrected chi connectivity index (χ1v) is 6.76. The highest BCUT2D eigenvalue weighted by Gasteiger charge is 2.16. The number of halogens is 2. The molecule has 0 aliphatic rings. The van der Waals surface area contributed by atoms with Crippen LogP contribution in [0.1, 0.15) is 0 Å². The van der Waals surface area contributed by atoms with Crippen molar-refractivity contribution in [2.24, 2.45) is 0 Å². The SMILES string of the molecule is COCC(Cl)CNS(=O)(=O)c1cccc(F)c1. The van der Waals surface area contributed by atoms with E-state index >= 15 is 0 Å². The van der Waals surface area contributed by atoms with Crippen molar-refractivity contribution >= 4 is 21.6 Å². The van der Waals surface area contributed by atoms with Crippen molar-refractivity contribution in [1.29, 1.82) is 0 Å². The van der Waals surface area contributed by atoms with Crippen LogP contribution in [0.4, 0.5) is 4.39 Å². The van der Waals surface area contributed by atoms with E-state index in [1.54, 1.807) is 0 Å². The zero-order valence-electron chi connectivity index (χ0n) is 9.19. The van der Waals surface area contributed by atoms with Gasteiger partial charge in [0.1, 0.15) is 5.82 Å². The zero-order chi connectivity index (χ0) is 12.9. The van der Waals surface area contributed by atoms with Gasteiger partial charge < -0.3 is 4.74 Å². The third-order valence-corrected chi connectivity index (χ3v) is 3.65.